The summed E-state index contributed by atoms with van der Waals surface area (Å²) in [6.07, 6.45) is 4.50. The normalized spacial score (nSPS) is 10.4. The van der Waals surface area contributed by atoms with Gasteiger partial charge in [-0.3, -0.25) is 9.48 Å². The van der Waals surface area contributed by atoms with E-state index in [1.807, 2.05) is 0 Å². The summed E-state index contributed by atoms with van der Waals surface area (Å²) in [6.45, 7) is 0. The van der Waals surface area contributed by atoms with Crippen molar-refractivity contribution in [3.8, 4) is 0 Å². The highest BCUT2D eigenvalue weighted by atomic mass is 16.5. The molecule has 0 aliphatic rings. The van der Waals surface area contributed by atoms with Gasteiger partial charge in [-0.05, 0) is 0 Å². The molecule has 0 saturated heterocycles. The third kappa shape index (κ3) is 1.56. The van der Waals surface area contributed by atoms with Crippen LogP contribution >= 0.6 is 0 Å². The van der Waals surface area contributed by atoms with Gasteiger partial charge in [-0.15, -0.1) is 0 Å². The van der Waals surface area contributed by atoms with E-state index in [0.29, 0.717) is 12.0 Å². The van der Waals surface area contributed by atoms with E-state index < -0.39 is 0 Å². The lowest BCUT2D eigenvalue weighted by atomic mass is 10.2. The molecule has 0 aromatic carbocycles. The summed E-state index contributed by atoms with van der Waals surface area (Å²) < 4.78 is 6.30. The van der Waals surface area contributed by atoms with Crippen molar-refractivity contribution in [2.45, 2.75) is 6.42 Å². The first-order valence-electron chi connectivity index (χ1n) is 4.16. The molecule has 5 heteroatoms. The lowest BCUT2D eigenvalue weighted by Gasteiger charge is -1.91. The largest absolute Gasteiger partial charge is 0.364 e. The van der Waals surface area contributed by atoms with Crippen LogP contribution in [0.3, 0.4) is 0 Å². The van der Waals surface area contributed by atoms with Gasteiger partial charge in [0.05, 0.1) is 17.0 Å². The lowest BCUT2D eigenvalue weighted by Crippen LogP contribution is -1.94. The van der Waals surface area contributed by atoms with Crippen molar-refractivity contribution in [1.82, 2.24) is 14.9 Å². The molecule has 0 radical (unpaired) electrons. The Balaban J connectivity index is 2.28. The lowest BCUT2D eigenvalue weighted by molar-refractivity contribution is 0.112. The Hall–Kier alpha value is -1.91. The Kier molecular flexibility index (Phi) is 2.14. The van der Waals surface area contributed by atoms with E-state index in [2.05, 4.69) is 10.3 Å². The van der Waals surface area contributed by atoms with Gasteiger partial charge in [0.2, 0.25) is 0 Å². The van der Waals surface area contributed by atoms with Crippen molar-refractivity contribution in [2.24, 2.45) is 7.05 Å². The summed E-state index contributed by atoms with van der Waals surface area (Å²) in [5.41, 5.74) is 2.08. The maximum absolute atomic E-state index is 10.7. The van der Waals surface area contributed by atoms with Gasteiger partial charge >= 0.3 is 0 Å². The minimum Gasteiger partial charge on any atom is -0.364 e. The number of rotatable bonds is 3. The number of carbonyl (C=O) groups excluding carboxylic acids is 1. The van der Waals surface area contributed by atoms with Gasteiger partial charge in [0.1, 0.15) is 6.26 Å². The van der Waals surface area contributed by atoms with Crippen LogP contribution in [-0.2, 0) is 13.5 Å². The molecule has 2 aromatic rings. The number of aromatic nitrogens is 3. The first-order chi connectivity index (χ1) is 6.79. The summed E-state index contributed by atoms with van der Waals surface area (Å²) in [6, 6.07) is 1.75. The van der Waals surface area contributed by atoms with Gasteiger partial charge in [-0.25, -0.2) is 0 Å². The van der Waals surface area contributed by atoms with Gasteiger partial charge in [0, 0.05) is 25.7 Å². The first-order valence-corrected chi connectivity index (χ1v) is 4.16. The summed E-state index contributed by atoms with van der Waals surface area (Å²) >= 11 is 0. The molecule has 0 atom stereocenters. The molecule has 0 saturated carbocycles. The Morgan fingerprint density at radius 1 is 1.64 bits per heavy atom. The summed E-state index contributed by atoms with van der Waals surface area (Å²) in [5.74, 6) is 0. The minimum atomic E-state index is 0.519. The maximum Gasteiger partial charge on any atom is 0.153 e. The molecular formula is C9H9N3O2. The van der Waals surface area contributed by atoms with E-state index in [1.165, 1.54) is 6.26 Å². The zero-order valence-electron chi connectivity index (χ0n) is 7.67. The van der Waals surface area contributed by atoms with E-state index in [1.54, 1.807) is 24.0 Å². The van der Waals surface area contributed by atoms with Crippen molar-refractivity contribution in [3.05, 3.63) is 35.5 Å². The molecule has 0 N–H and O–H groups in total. The van der Waals surface area contributed by atoms with Gasteiger partial charge < -0.3 is 4.52 Å². The number of hydrogen-bond acceptors (Lipinski definition) is 4. The number of carbonyl (C=O) groups is 1. The molecule has 5 nitrogen and oxygen atoms in total. The van der Waals surface area contributed by atoms with Crippen LogP contribution < -0.4 is 0 Å². The zero-order valence-corrected chi connectivity index (χ0v) is 7.67. The molecule has 2 rings (SSSR count). The van der Waals surface area contributed by atoms with Crippen LogP contribution in [0.25, 0.3) is 0 Å². The quantitative estimate of drug-likeness (QED) is 0.673. The molecule has 2 heterocycles. The SMILES string of the molecule is Cn1cc(C=O)c(Cc2ccon2)n1. The van der Waals surface area contributed by atoms with Crippen molar-refractivity contribution < 1.29 is 9.32 Å². The molecule has 72 valence electrons. The smallest absolute Gasteiger partial charge is 0.153 e. The van der Waals surface area contributed by atoms with Crippen LogP contribution in [0.15, 0.2) is 23.0 Å². The standard InChI is InChI=1S/C9H9N3O2/c1-12-5-7(6-13)9(10-12)4-8-2-3-14-11-8/h2-3,5-6H,4H2,1H3. The van der Waals surface area contributed by atoms with Crippen LogP contribution in [0.1, 0.15) is 21.7 Å². The molecule has 0 fully saturated rings. The summed E-state index contributed by atoms with van der Waals surface area (Å²) in [7, 11) is 1.78. The molecule has 0 aliphatic heterocycles. The molecule has 2 aromatic heterocycles. The Morgan fingerprint density at radius 3 is 3.14 bits per heavy atom. The molecule has 0 aliphatic carbocycles. The average molecular weight is 191 g/mol. The Bertz CT molecular complexity index is 431. The van der Waals surface area contributed by atoms with Gasteiger partial charge in [-0.2, -0.15) is 5.10 Å². The number of hydrogen-bond donors (Lipinski definition) is 0. The van der Waals surface area contributed by atoms with E-state index in [9.17, 15) is 4.79 Å². The van der Waals surface area contributed by atoms with Gasteiger partial charge in [0.25, 0.3) is 0 Å². The second-order valence-corrected chi connectivity index (χ2v) is 2.99. The number of aldehydes is 1. The van der Waals surface area contributed by atoms with E-state index in [4.69, 9.17) is 4.52 Å². The Morgan fingerprint density at radius 2 is 2.50 bits per heavy atom. The second-order valence-electron chi connectivity index (χ2n) is 2.99. The maximum atomic E-state index is 10.7. The number of nitrogens with zero attached hydrogens (tertiary/aromatic N) is 3. The average Bonchev–Trinajstić information content (AvgIpc) is 2.76. The summed E-state index contributed by atoms with van der Waals surface area (Å²) in [4.78, 5) is 10.7. The van der Waals surface area contributed by atoms with Crippen molar-refractivity contribution in [3.63, 3.8) is 0 Å². The fourth-order valence-electron chi connectivity index (χ4n) is 1.29. The predicted octanol–water partition coefficient (Wildman–Crippen LogP) is 0.811. The van der Waals surface area contributed by atoms with Crippen molar-refractivity contribution >= 4 is 6.29 Å². The van der Waals surface area contributed by atoms with Crippen LogP contribution in [0, 0.1) is 0 Å². The zero-order chi connectivity index (χ0) is 9.97. The van der Waals surface area contributed by atoms with Crippen LogP contribution in [-0.4, -0.2) is 21.2 Å². The first kappa shape index (κ1) is 8.68. The number of aryl methyl sites for hydroxylation is 1. The molecule has 0 unspecified atom stereocenters. The van der Waals surface area contributed by atoms with Gasteiger partial charge in [0.15, 0.2) is 6.29 Å². The van der Waals surface area contributed by atoms with Crippen LogP contribution in [0.4, 0.5) is 0 Å². The fraction of sp³-hybridized carbons (Fsp3) is 0.222. The molecule has 14 heavy (non-hydrogen) atoms. The highest BCUT2D eigenvalue weighted by Gasteiger charge is 2.08. The summed E-state index contributed by atoms with van der Waals surface area (Å²) in [5, 5.41) is 7.92. The molecule has 0 bridgehead atoms. The topological polar surface area (TPSA) is 60.9 Å². The highest BCUT2D eigenvalue weighted by Crippen LogP contribution is 2.09. The van der Waals surface area contributed by atoms with Crippen LogP contribution in [0.5, 0.6) is 0 Å². The van der Waals surface area contributed by atoms with Crippen molar-refractivity contribution in [2.75, 3.05) is 0 Å². The predicted molar refractivity (Wildman–Crippen MR) is 47.9 cm³/mol. The second kappa shape index (κ2) is 3.45. The molecule has 0 amide bonds. The molecule has 0 spiro atoms. The van der Waals surface area contributed by atoms with E-state index >= 15 is 0 Å². The van der Waals surface area contributed by atoms with Gasteiger partial charge in [-0.1, -0.05) is 5.16 Å². The van der Waals surface area contributed by atoms with E-state index in [-0.39, 0.29) is 0 Å². The van der Waals surface area contributed by atoms with E-state index in [0.717, 1.165) is 17.7 Å². The van der Waals surface area contributed by atoms with Crippen LogP contribution in [0.2, 0.25) is 0 Å². The van der Waals surface area contributed by atoms with Crippen molar-refractivity contribution in [1.29, 1.82) is 0 Å². The monoisotopic (exact) mass is 191 g/mol. The fourth-order valence-corrected chi connectivity index (χ4v) is 1.29. The Labute approximate surface area is 80.3 Å². The highest BCUT2D eigenvalue weighted by molar-refractivity contribution is 5.76. The third-order valence-corrected chi connectivity index (χ3v) is 1.90. The molecular weight excluding hydrogens is 182 g/mol. The minimum absolute atomic E-state index is 0.519. The third-order valence-electron chi connectivity index (χ3n) is 1.90.